The SMILES string of the molecule is Cl[C@@H]1[C@H](Cl)[C@@H]2O[C@H]1c1ccccc12. The molecule has 0 aliphatic carbocycles. The van der Waals surface area contributed by atoms with Crippen molar-refractivity contribution < 1.29 is 4.74 Å². The predicted molar refractivity (Wildman–Crippen MR) is 52.3 cm³/mol. The van der Waals surface area contributed by atoms with Gasteiger partial charge in [0.2, 0.25) is 0 Å². The molecule has 2 heterocycles. The fourth-order valence-electron chi connectivity index (χ4n) is 2.16. The summed E-state index contributed by atoms with van der Waals surface area (Å²) in [7, 11) is 0. The summed E-state index contributed by atoms with van der Waals surface area (Å²) in [4.78, 5) is 0. The standard InChI is InChI=1S/C10H8Cl2O/c11-7-8(12)10-6-4-2-1-3-5(6)9(7)13-10/h1-4,7-10H/t7-,8+,9+,10-. The molecule has 0 amide bonds. The van der Waals surface area contributed by atoms with Crippen LogP contribution in [0.15, 0.2) is 24.3 Å². The maximum Gasteiger partial charge on any atom is 0.102 e. The van der Waals surface area contributed by atoms with E-state index >= 15 is 0 Å². The summed E-state index contributed by atoms with van der Waals surface area (Å²) in [6.07, 6.45) is 0.00994. The van der Waals surface area contributed by atoms with Crippen molar-refractivity contribution in [1.82, 2.24) is 0 Å². The number of alkyl halides is 2. The van der Waals surface area contributed by atoms with Gasteiger partial charge in [-0.1, -0.05) is 24.3 Å². The molecule has 0 N–H and O–H groups in total. The zero-order chi connectivity index (χ0) is 9.00. The van der Waals surface area contributed by atoms with Crippen LogP contribution in [0.4, 0.5) is 0 Å². The Morgan fingerprint density at radius 2 is 1.38 bits per heavy atom. The zero-order valence-corrected chi connectivity index (χ0v) is 8.29. The molecule has 0 saturated carbocycles. The van der Waals surface area contributed by atoms with Crippen molar-refractivity contribution in [3.8, 4) is 0 Å². The van der Waals surface area contributed by atoms with E-state index in [1.165, 1.54) is 11.1 Å². The summed E-state index contributed by atoms with van der Waals surface area (Å²) in [5.41, 5.74) is 2.42. The number of ether oxygens (including phenoxy) is 1. The summed E-state index contributed by atoms with van der Waals surface area (Å²) >= 11 is 12.3. The first-order valence-electron chi connectivity index (χ1n) is 4.31. The molecule has 0 radical (unpaired) electrons. The quantitative estimate of drug-likeness (QED) is 0.604. The molecule has 2 bridgehead atoms. The molecule has 0 unspecified atom stereocenters. The van der Waals surface area contributed by atoms with Crippen LogP contribution < -0.4 is 0 Å². The number of hydrogen-bond donors (Lipinski definition) is 0. The number of rotatable bonds is 0. The van der Waals surface area contributed by atoms with Gasteiger partial charge in [0.05, 0.1) is 10.8 Å². The fourth-order valence-corrected chi connectivity index (χ4v) is 2.82. The Balaban J connectivity index is 2.16. The topological polar surface area (TPSA) is 9.23 Å². The lowest BCUT2D eigenvalue weighted by Crippen LogP contribution is -2.22. The van der Waals surface area contributed by atoms with Gasteiger partial charge in [0.25, 0.3) is 0 Å². The molecule has 4 atom stereocenters. The predicted octanol–water partition coefficient (Wildman–Crippen LogP) is 3.03. The number of fused-ring (bicyclic) bond motifs is 5. The molecule has 68 valence electrons. The maximum absolute atomic E-state index is 6.13. The second-order valence-electron chi connectivity index (χ2n) is 3.50. The molecule has 1 aromatic rings. The van der Waals surface area contributed by atoms with Gasteiger partial charge >= 0.3 is 0 Å². The third-order valence-electron chi connectivity index (χ3n) is 2.78. The fraction of sp³-hybridized carbons (Fsp3) is 0.400. The second kappa shape index (κ2) is 2.63. The van der Waals surface area contributed by atoms with Gasteiger partial charge in [-0.15, -0.1) is 23.2 Å². The van der Waals surface area contributed by atoms with Crippen LogP contribution in [-0.2, 0) is 4.74 Å². The van der Waals surface area contributed by atoms with Crippen molar-refractivity contribution in [1.29, 1.82) is 0 Å². The molecule has 1 nitrogen and oxygen atoms in total. The summed E-state index contributed by atoms with van der Waals surface area (Å²) < 4.78 is 5.70. The van der Waals surface area contributed by atoms with Gasteiger partial charge in [0.15, 0.2) is 0 Å². The highest BCUT2D eigenvalue weighted by atomic mass is 35.5. The lowest BCUT2D eigenvalue weighted by atomic mass is 9.91. The van der Waals surface area contributed by atoms with E-state index in [9.17, 15) is 0 Å². The molecular weight excluding hydrogens is 207 g/mol. The Hall–Kier alpha value is -0.240. The normalized spacial score (nSPS) is 40.8. The Morgan fingerprint density at radius 3 is 1.85 bits per heavy atom. The molecule has 1 fully saturated rings. The molecule has 0 aromatic heterocycles. The van der Waals surface area contributed by atoms with Crippen LogP contribution >= 0.6 is 23.2 Å². The molecular formula is C10H8Cl2O. The summed E-state index contributed by atoms with van der Waals surface area (Å²) in [6, 6.07) is 8.15. The van der Waals surface area contributed by atoms with Crippen LogP contribution in [-0.4, -0.2) is 10.8 Å². The summed E-state index contributed by atoms with van der Waals surface area (Å²) in [5, 5.41) is -0.164. The molecule has 3 rings (SSSR count). The zero-order valence-electron chi connectivity index (χ0n) is 6.78. The lowest BCUT2D eigenvalue weighted by Gasteiger charge is -2.19. The largest absolute Gasteiger partial charge is 0.362 e. The molecule has 2 aliphatic heterocycles. The first-order valence-corrected chi connectivity index (χ1v) is 5.19. The Labute approximate surface area is 86.6 Å². The van der Waals surface area contributed by atoms with Crippen molar-refractivity contribution in [2.75, 3.05) is 0 Å². The minimum absolute atomic E-state index is 0.00497. The van der Waals surface area contributed by atoms with E-state index in [1.807, 2.05) is 12.1 Å². The number of hydrogen-bond acceptors (Lipinski definition) is 1. The van der Waals surface area contributed by atoms with E-state index in [0.717, 1.165) is 0 Å². The summed E-state index contributed by atoms with van der Waals surface area (Å²) in [6.45, 7) is 0. The Kier molecular flexibility index (Phi) is 1.64. The van der Waals surface area contributed by atoms with Crippen LogP contribution in [0.25, 0.3) is 0 Å². The average Bonchev–Trinajstić information content (AvgIpc) is 2.66. The van der Waals surface area contributed by atoms with Crippen LogP contribution in [0.3, 0.4) is 0 Å². The van der Waals surface area contributed by atoms with Gasteiger partial charge in [-0.05, 0) is 11.1 Å². The first-order chi connectivity index (χ1) is 6.29. The number of benzene rings is 1. The van der Waals surface area contributed by atoms with Gasteiger partial charge in [0.1, 0.15) is 12.2 Å². The van der Waals surface area contributed by atoms with E-state index in [1.54, 1.807) is 0 Å². The maximum atomic E-state index is 6.13. The Bertz CT molecular complexity index is 320. The van der Waals surface area contributed by atoms with Gasteiger partial charge in [-0.2, -0.15) is 0 Å². The monoisotopic (exact) mass is 214 g/mol. The van der Waals surface area contributed by atoms with Crippen LogP contribution in [0.5, 0.6) is 0 Å². The molecule has 0 spiro atoms. The van der Waals surface area contributed by atoms with E-state index in [0.29, 0.717) is 0 Å². The Morgan fingerprint density at radius 1 is 0.923 bits per heavy atom. The smallest absolute Gasteiger partial charge is 0.102 e. The van der Waals surface area contributed by atoms with Gasteiger partial charge in [-0.3, -0.25) is 0 Å². The third-order valence-corrected chi connectivity index (χ3v) is 3.91. The highest BCUT2D eigenvalue weighted by Crippen LogP contribution is 2.54. The van der Waals surface area contributed by atoms with Crippen LogP contribution in [0.2, 0.25) is 0 Å². The molecule has 3 heteroatoms. The van der Waals surface area contributed by atoms with Gasteiger partial charge in [-0.25, -0.2) is 0 Å². The van der Waals surface area contributed by atoms with Crippen molar-refractivity contribution >= 4 is 23.2 Å². The van der Waals surface area contributed by atoms with Crippen molar-refractivity contribution in [3.05, 3.63) is 35.4 Å². The van der Waals surface area contributed by atoms with E-state index in [4.69, 9.17) is 27.9 Å². The molecule has 2 aliphatic rings. The van der Waals surface area contributed by atoms with Crippen LogP contribution in [0, 0.1) is 0 Å². The minimum atomic E-state index is -0.0819. The highest BCUT2D eigenvalue weighted by molar-refractivity contribution is 6.31. The highest BCUT2D eigenvalue weighted by Gasteiger charge is 2.50. The number of halogens is 2. The van der Waals surface area contributed by atoms with E-state index in [-0.39, 0.29) is 23.0 Å². The molecule has 1 aromatic carbocycles. The van der Waals surface area contributed by atoms with Gasteiger partial charge in [0, 0.05) is 0 Å². The van der Waals surface area contributed by atoms with Crippen molar-refractivity contribution in [3.63, 3.8) is 0 Å². The van der Waals surface area contributed by atoms with E-state index in [2.05, 4.69) is 12.1 Å². The van der Waals surface area contributed by atoms with Crippen molar-refractivity contribution in [2.45, 2.75) is 23.0 Å². The lowest BCUT2D eigenvalue weighted by molar-refractivity contribution is 0.0731. The van der Waals surface area contributed by atoms with Crippen molar-refractivity contribution in [2.24, 2.45) is 0 Å². The van der Waals surface area contributed by atoms with Crippen LogP contribution in [0.1, 0.15) is 23.3 Å². The average molecular weight is 215 g/mol. The van der Waals surface area contributed by atoms with Gasteiger partial charge < -0.3 is 4.74 Å². The summed E-state index contributed by atoms with van der Waals surface area (Å²) in [5.74, 6) is 0. The first kappa shape index (κ1) is 8.10. The third kappa shape index (κ3) is 0.927. The second-order valence-corrected chi connectivity index (χ2v) is 4.50. The minimum Gasteiger partial charge on any atom is -0.362 e. The van der Waals surface area contributed by atoms with E-state index < -0.39 is 0 Å². The molecule has 1 saturated heterocycles. The molecule has 13 heavy (non-hydrogen) atoms.